The Kier molecular flexibility index (Phi) is 33.4. The lowest BCUT2D eigenvalue weighted by atomic mass is 9.98. The number of carbonyl (C=O) groups is 11. The molecule has 0 saturated heterocycles. The summed E-state index contributed by atoms with van der Waals surface area (Å²) in [6.45, 7) is 16.3. The third-order valence-electron chi connectivity index (χ3n) is 13.1. The van der Waals surface area contributed by atoms with Crippen molar-refractivity contribution in [3.8, 4) is 0 Å². The van der Waals surface area contributed by atoms with Gasteiger partial charge >= 0.3 is 5.97 Å². The number of nitrogens with one attached hydrogen (secondary N) is 9. The minimum Gasteiger partial charge on any atom is -0.480 e. The Bertz CT molecular complexity index is 2370. The number of unbranched alkanes of at least 4 members (excludes halogenated alkanes) is 1. The van der Waals surface area contributed by atoms with Crippen molar-refractivity contribution in [3.63, 3.8) is 0 Å². The van der Waals surface area contributed by atoms with Crippen LogP contribution < -0.4 is 76.5 Å². The fourth-order valence-corrected chi connectivity index (χ4v) is 8.50. The number of hydrogen-bond donors (Lipinski definition) is 17. The molecule has 0 aromatic heterocycles. The van der Waals surface area contributed by atoms with Crippen molar-refractivity contribution < 1.29 is 68.1 Å². The van der Waals surface area contributed by atoms with Gasteiger partial charge in [0.1, 0.15) is 54.4 Å². The van der Waals surface area contributed by atoms with Crippen LogP contribution in [-0.2, 0) is 59.2 Å². The van der Waals surface area contributed by atoms with E-state index >= 15 is 0 Å². The van der Waals surface area contributed by atoms with Crippen LogP contribution in [0.25, 0.3) is 0 Å². The second kappa shape index (κ2) is 37.6. The normalized spacial score (nSPS) is 15.6. The van der Waals surface area contributed by atoms with E-state index in [1.165, 1.54) is 27.7 Å². The Morgan fingerprint density at radius 3 is 1.31 bits per heavy atom. The summed E-state index contributed by atoms with van der Waals surface area (Å²) in [4.78, 5) is 153. The first kappa shape index (κ1) is 74.5. The maximum atomic E-state index is 14.4. The van der Waals surface area contributed by atoms with E-state index in [4.69, 9.17) is 28.7 Å². The van der Waals surface area contributed by atoms with Gasteiger partial charge in [0.05, 0.1) is 24.7 Å². The number of rotatable bonds is 39. The maximum Gasteiger partial charge on any atom is 0.326 e. The Hall–Kier alpha value is -7.50. The van der Waals surface area contributed by atoms with Crippen molar-refractivity contribution in [1.82, 2.24) is 47.9 Å². The van der Waals surface area contributed by atoms with Crippen LogP contribution in [0.1, 0.15) is 126 Å². The third-order valence-corrected chi connectivity index (χ3v) is 13.1. The largest absolute Gasteiger partial charge is 0.480 e. The average Bonchev–Trinajstić information content (AvgIpc) is 3.60. The number of amides is 10. The van der Waals surface area contributed by atoms with Gasteiger partial charge in [-0.2, -0.15) is 0 Å². The van der Waals surface area contributed by atoms with Crippen molar-refractivity contribution >= 4 is 71.0 Å². The lowest BCUT2D eigenvalue weighted by Gasteiger charge is -2.30. The first-order valence-corrected chi connectivity index (χ1v) is 28.4. The first-order valence-electron chi connectivity index (χ1n) is 28.4. The number of carboxylic acid groups (broad SMARTS) is 1. The van der Waals surface area contributed by atoms with Crippen LogP contribution in [-0.4, -0.2) is 172 Å². The molecule has 0 saturated carbocycles. The number of benzene rings is 1. The number of nitrogens with two attached hydrogens (primary N) is 5. The minimum atomic E-state index is -1.78. The number of carbonyl (C=O) groups excluding carboxylic acids is 10. The van der Waals surface area contributed by atoms with Gasteiger partial charge < -0.3 is 91.8 Å². The lowest BCUT2D eigenvalue weighted by Crippen LogP contribution is -2.63. The van der Waals surface area contributed by atoms with Crippen molar-refractivity contribution in [3.05, 3.63) is 35.9 Å². The number of aliphatic imine (C=N–C) groups is 1. The molecule has 12 atom stereocenters. The molecule has 1 aromatic rings. The number of aliphatic carboxylic acids is 1. The van der Waals surface area contributed by atoms with Crippen LogP contribution in [0.15, 0.2) is 35.3 Å². The molecule has 1 rings (SSSR count). The van der Waals surface area contributed by atoms with E-state index in [9.17, 15) is 68.1 Å². The van der Waals surface area contributed by atoms with E-state index in [0.29, 0.717) is 24.8 Å². The Morgan fingerprint density at radius 1 is 0.476 bits per heavy atom. The number of primary amides is 1. The summed E-state index contributed by atoms with van der Waals surface area (Å²) in [6.07, 6.45) is -2.77. The topological polar surface area (TPSA) is 499 Å². The van der Waals surface area contributed by atoms with Gasteiger partial charge in [0, 0.05) is 13.0 Å². The van der Waals surface area contributed by atoms with Crippen LogP contribution in [0, 0.1) is 23.7 Å². The summed E-state index contributed by atoms with van der Waals surface area (Å²) >= 11 is 0. The number of aliphatic hydroxyl groups excluding tert-OH is 2. The molecule has 0 radical (unpaired) electrons. The highest BCUT2D eigenvalue weighted by Gasteiger charge is 2.38. The average molecular weight is 1190 g/mol. The lowest BCUT2D eigenvalue weighted by molar-refractivity contribution is -0.143. The van der Waals surface area contributed by atoms with Crippen molar-refractivity contribution in [2.24, 2.45) is 57.3 Å². The van der Waals surface area contributed by atoms with Gasteiger partial charge in [0.25, 0.3) is 0 Å². The Labute approximate surface area is 491 Å². The Morgan fingerprint density at radius 2 is 0.869 bits per heavy atom. The van der Waals surface area contributed by atoms with Gasteiger partial charge in [-0.3, -0.25) is 52.9 Å². The summed E-state index contributed by atoms with van der Waals surface area (Å²) < 4.78 is 0. The predicted octanol–water partition coefficient (Wildman–Crippen LogP) is -3.77. The zero-order chi connectivity index (χ0) is 64.1. The van der Waals surface area contributed by atoms with E-state index in [-0.39, 0.29) is 63.0 Å². The molecule has 0 aliphatic heterocycles. The van der Waals surface area contributed by atoms with Crippen LogP contribution in [0.5, 0.6) is 0 Å². The highest BCUT2D eigenvalue weighted by Crippen LogP contribution is 2.14. The molecule has 0 aliphatic carbocycles. The molecule has 0 unspecified atom stereocenters. The fraction of sp³-hybridized carbons (Fsp3) is 0.673. The molecule has 0 spiro atoms. The van der Waals surface area contributed by atoms with Crippen LogP contribution in [0.3, 0.4) is 0 Å². The molecule has 474 valence electrons. The number of hydrogen-bond acceptors (Lipinski definition) is 16. The molecule has 29 heteroatoms. The monoisotopic (exact) mass is 1190 g/mol. The summed E-state index contributed by atoms with van der Waals surface area (Å²) in [5.74, 6) is -12.6. The van der Waals surface area contributed by atoms with E-state index in [0.717, 1.165) is 0 Å². The van der Waals surface area contributed by atoms with Crippen LogP contribution in [0.2, 0.25) is 0 Å². The second-order valence-electron chi connectivity index (χ2n) is 22.5. The molecular weight excluding hydrogens is 1090 g/mol. The van der Waals surface area contributed by atoms with Gasteiger partial charge in [0.2, 0.25) is 59.1 Å². The summed E-state index contributed by atoms with van der Waals surface area (Å²) in [7, 11) is 0. The van der Waals surface area contributed by atoms with Gasteiger partial charge in [-0.1, -0.05) is 85.7 Å². The SMILES string of the molecule is CC(C)C[C@H](NC(=O)[C@@H](NC(=O)[C@@H](N)CCCN=C(N)N)C(C)C)C(=O)N[C@H](C(=O)N[C@@H](CC(C)C)C(=O)N[C@@H](Cc1ccccc1)C(=O)N[C@@H](CC(N)=O)C(=O)N[C@H](C(=O)N[C@H](C(=O)N[C@@H](CCCCN)C(=O)O)[C@@H](C)O)C(C)C)[C@@H](C)O. The number of nitrogens with zero attached hydrogens (tertiary/aromatic N) is 1. The van der Waals surface area contributed by atoms with E-state index in [1.54, 1.807) is 71.9 Å². The molecule has 84 heavy (non-hydrogen) atoms. The summed E-state index contributed by atoms with van der Waals surface area (Å²) in [6, 6.07) is -6.18. The molecule has 0 aliphatic rings. The summed E-state index contributed by atoms with van der Waals surface area (Å²) in [5, 5.41) is 53.7. The zero-order valence-corrected chi connectivity index (χ0v) is 50.1. The van der Waals surface area contributed by atoms with Gasteiger partial charge in [-0.05, 0) is 94.6 Å². The zero-order valence-electron chi connectivity index (χ0n) is 50.1. The molecule has 10 amide bonds. The third kappa shape index (κ3) is 27.7. The first-order chi connectivity index (χ1) is 39.2. The van der Waals surface area contributed by atoms with Crippen molar-refractivity contribution in [2.75, 3.05) is 13.1 Å². The van der Waals surface area contributed by atoms with E-state index in [1.807, 2.05) is 0 Å². The molecular formula is C55H95N15O14. The number of carboxylic acids is 1. The van der Waals surface area contributed by atoms with Crippen LogP contribution in [0.4, 0.5) is 0 Å². The molecule has 1 aromatic carbocycles. The highest BCUT2D eigenvalue weighted by molar-refractivity contribution is 5.99. The highest BCUT2D eigenvalue weighted by atomic mass is 16.4. The van der Waals surface area contributed by atoms with E-state index < -0.39 is 156 Å². The van der Waals surface area contributed by atoms with Crippen molar-refractivity contribution in [2.45, 2.75) is 200 Å². The fourth-order valence-electron chi connectivity index (χ4n) is 8.50. The molecule has 0 bridgehead atoms. The Balaban J connectivity index is 3.52. The minimum absolute atomic E-state index is 0.00623. The van der Waals surface area contributed by atoms with Crippen molar-refractivity contribution in [1.29, 1.82) is 0 Å². The number of guanidine groups is 1. The second-order valence-corrected chi connectivity index (χ2v) is 22.5. The predicted molar refractivity (Wildman–Crippen MR) is 312 cm³/mol. The molecule has 0 heterocycles. The molecule has 29 nitrogen and oxygen atoms in total. The maximum absolute atomic E-state index is 14.4. The smallest absolute Gasteiger partial charge is 0.326 e. The standard InChI is InChI=1S/C55H95N15O14/c1-27(2)23-36(66-53(82)43(31(9)71)69-48(77)37(24-28(3)4)65-50(79)41(29(5)6)67-45(74)34(57)19-16-22-61-55(59)60)46(75)63-38(25-33-17-12-11-13-18-33)47(76)64-39(26-40(58)73)49(78)68-42(30(7)8)51(80)70-44(32(10)72)52(81)62-35(54(83)84)20-14-15-21-56/h11-13,17-18,27-32,34-39,41-44,71-72H,14-16,19-26,56-57H2,1-10H3,(H2,58,73)(H,62,81)(H,63,75)(H,64,76)(H,65,79)(H,66,82)(H,67,74)(H,68,78)(H,69,77)(H,70,80)(H,83,84)(H4,59,60,61)/t31-,32-,34+,35+,36+,37+,38+,39+,41+,42+,43+,44+/m1/s1. The van der Waals surface area contributed by atoms with Crippen LogP contribution >= 0.6 is 0 Å². The van der Waals surface area contributed by atoms with Gasteiger partial charge in [0.15, 0.2) is 5.96 Å². The summed E-state index contributed by atoms with van der Waals surface area (Å²) in [5.41, 5.74) is 28.4. The molecule has 22 N–H and O–H groups in total. The molecule has 0 fully saturated rings. The number of aliphatic hydroxyl groups is 2. The quantitative estimate of drug-likeness (QED) is 0.0171. The van der Waals surface area contributed by atoms with E-state index in [2.05, 4.69) is 52.8 Å². The van der Waals surface area contributed by atoms with Gasteiger partial charge in [-0.15, -0.1) is 0 Å². The van der Waals surface area contributed by atoms with Gasteiger partial charge in [-0.25, -0.2) is 4.79 Å².